The van der Waals surface area contributed by atoms with Crippen LogP contribution in [0.15, 0.2) is 23.8 Å². The Bertz CT molecular complexity index is 277. The molecule has 0 saturated carbocycles. The van der Waals surface area contributed by atoms with E-state index in [-0.39, 0.29) is 6.10 Å². The van der Waals surface area contributed by atoms with Gasteiger partial charge < -0.3 is 9.84 Å². The lowest BCUT2D eigenvalue weighted by Crippen LogP contribution is -2.26. The largest absolute Gasteiger partial charge is 0.479 e. The molecule has 1 saturated heterocycles. The standard InChI is InChI=1S/C8H8O3/c1-5-3-2-4-8(7(9)10)6(5)11-8/h2-4,6H,1H3,(H,9,10). The van der Waals surface area contributed by atoms with E-state index < -0.39 is 11.6 Å². The second kappa shape index (κ2) is 1.74. The van der Waals surface area contributed by atoms with Crippen LogP contribution in [0.4, 0.5) is 0 Å². The molecule has 11 heavy (non-hydrogen) atoms. The summed E-state index contributed by atoms with van der Waals surface area (Å²) in [6.45, 7) is 1.87. The smallest absolute Gasteiger partial charge is 0.343 e. The minimum Gasteiger partial charge on any atom is -0.479 e. The van der Waals surface area contributed by atoms with Crippen LogP contribution in [-0.4, -0.2) is 22.8 Å². The average Bonchev–Trinajstić information content (AvgIpc) is 2.64. The van der Waals surface area contributed by atoms with Crippen molar-refractivity contribution in [2.45, 2.75) is 18.6 Å². The maximum atomic E-state index is 10.7. The first-order valence-electron chi connectivity index (χ1n) is 3.44. The lowest BCUT2D eigenvalue weighted by molar-refractivity contribution is -0.141. The molecule has 0 bridgehead atoms. The Morgan fingerprint density at radius 1 is 1.82 bits per heavy atom. The van der Waals surface area contributed by atoms with Crippen LogP contribution in [-0.2, 0) is 9.53 Å². The number of hydrogen-bond donors (Lipinski definition) is 1. The molecule has 0 aromatic carbocycles. The molecule has 3 heteroatoms. The molecule has 0 aromatic heterocycles. The summed E-state index contributed by atoms with van der Waals surface area (Å²) in [5.74, 6) is -0.897. The van der Waals surface area contributed by atoms with E-state index in [2.05, 4.69) is 0 Å². The number of rotatable bonds is 1. The number of epoxide rings is 1. The number of hydrogen-bond acceptors (Lipinski definition) is 2. The van der Waals surface area contributed by atoms with Crippen molar-refractivity contribution in [1.29, 1.82) is 0 Å². The second-order valence-electron chi connectivity index (χ2n) is 2.87. The first-order chi connectivity index (χ1) is 5.17. The molecule has 0 aromatic rings. The highest BCUT2D eigenvalue weighted by Crippen LogP contribution is 2.44. The van der Waals surface area contributed by atoms with E-state index in [0.29, 0.717) is 0 Å². The third-order valence-electron chi connectivity index (χ3n) is 2.10. The summed E-state index contributed by atoms with van der Waals surface area (Å²) in [6.07, 6.45) is 4.98. The molecule has 0 spiro atoms. The molecule has 1 aliphatic heterocycles. The summed E-state index contributed by atoms with van der Waals surface area (Å²) in [4.78, 5) is 10.7. The topological polar surface area (TPSA) is 49.8 Å². The fraction of sp³-hybridized carbons (Fsp3) is 0.375. The minimum absolute atomic E-state index is 0.218. The monoisotopic (exact) mass is 152 g/mol. The van der Waals surface area contributed by atoms with Crippen molar-refractivity contribution in [3.8, 4) is 0 Å². The Balaban J connectivity index is 2.33. The molecule has 58 valence electrons. The Hall–Kier alpha value is -1.09. The fourth-order valence-electron chi connectivity index (χ4n) is 1.38. The van der Waals surface area contributed by atoms with E-state index in [1.54, 1.807) is 12.2 Å². The third kappa shape index (κ3) is 0.686. The Morgan fingerprint density at radius 3 is 3.09 bits per heavy atom. The normalized spacial score (nSPS) is 39.4. The molecule has 0 radical (unpaired) electrons. The zero-order valence-corrected chi connectivity index (χ0v) is 6.07. The molecule has 3 nitrogen and oxygen atoms in total. The van der Waals surface area contributed by atoms with Crippen molar-refractivity contribution in [3.05, 3.63) is 23.8 Å². The zero-order valence-electron chi connectivity index (χ0n) is 6.07. The van der Waals surface area contributed by atoms with Gasteiger partial charge in [0.1, 0.15) is 6.10 Å². The summed E-state index contributed by atoms with van der Waals surface area (Å²) in [5, 5.41) is 8.75. The van der Waals surface area contributed by atoms with Gasteiger partial charge in [0.25, 0.3) is 0 Å². The van der Waals surface area contributed by atoms with Crippen LogP contribution in [0.25, 0.3) is 0 Å². The number of aliphatic carboxylic acids is 1. The van der Waals surface area contributed by atoms with Crippen LogP contribution in [0.3, 0.4) is 0 Å². The van der Waals surface area contributed by atoms with E-state index in [9.17, 15) is 4.79 Å². The lowest BCUT2D eigenvalue weighted by Gasteiger charge is -2.04. The number of carboxylic acid groups (broad SMARTS) is 1. The first-order valence-corrected chi connectivity index (χ1v) is 3.44. The molecular weight excluding hydrogens is 144 g/mol. The van der Waals surface area contributed by atoms with Gasteiger partial charge in [-0.3, -0.25) is 0 Å². The van der Waals surface area contributed by atoms with Crippen LogP contribution in [0.5, 0.6) is 0 Å². The van der Waals surface area contributed by atoms with Crippen LogP contribution in [0, 0.1) is 0 Å². The van der Waals surface area contributed by atoms with Gasteiger partial charge in [0, 0.05) is 0 Å². The summed E-state index contributed by atoms with van der Waals surface area (Å²) in [6, 6.07) is 0. The highest BCUT2D eigenvalue weighted by atomic mass is 16.6. The molecule has 2 unspecified atom stereocenters. The van der Waals surface area contributed by atoms with Crippen molar-refractivity contribution < 1.29 is 14.6 Å². The van der Waals surface area contributed by atoms with Gasteiger partial charge in [-0.15, -0.1) is 0 Å². The quantitative estimate of drug-likeness (QED) is 0.563. The number of carbonyl (C=O) groups is 1. The molecule has 1 heterocycles. The summed E-state index contributed by atoms with van der Waals surface area (Å²) in [5.41, 5.74) is -0.0337. The maximum absolute atomic E-state index is 10.7. The predicted octanol–water partition coefficient (Wildman–Crippen LogP) is 0.725. The number of ether oxygens (including phenoxy) is 1. The predicted molar refractivity (Wildman–Crippen MR) is 38.1 cm³/mol. The number of fused-ring (bicyclic) bond motifs is 1. The molecule has 1 N–H and O–H groups in total. The van der Waals surface area contributed by atoms with Gasteiger partial charge in [0.2, 0.25) is 5.60 Å². The fourth-order valence-corrected chi connectivity index (χ4v) is 1.38. The van der Waals surface area contributed by atoms with E-state index in [0.717, 1.165) is 5.57 Å². The van der Waals surface area contributed by atoms with E-state index in [1.807, 2.05) is 13.0 Å². The third-order valence-corrected chi connectivity index (χ3v) is 2.10. The summed E-state index contributed by atoms with van der Waals surface area (Å²) < 4.78 is 5.08. The van der Waals surface area contributed by atoms with Crippen molar-refractivity contribution in [2.24, 2.45) is 0 Å². The lowest BCUT2D eigenvalue weighted by atomic mass is 9.96. The van der Waals surface area contributed by atoms with Gasteiger partial charge in [-0.1, -0.05) is 12.2 Å². The van der Waals surface area contributed by atoms with Crippen molar-refractivity contribution in [1.82, 2.24) is 0 Å². The van der Waals surface area contributed by atoms with Crippen LogP contribution < -0.4 is 0 Å². The maximum Gasteiger partial charge on any atom is 0.343 e. The van der Waals surface area contributed by atoms with Gasteiger partial charge in [-0.05, 0) is 18.6 Å². The van der Waals surface area contributed by atoms with E-state index in [1.165, 1.54) is 0 Å². The van der Waals surface area contributed by atoms with Gasteiger partial charge in [0.05, 0.1) is 0 Å². The van der Waals surface area contributed by atoms with Crippen molar-refractivity contribution in [2.75, 3.05) is 0 Å². The Kier molecular flexibility index (Phi) is 1.04. The summed E-state index contributed by atoms with van der Waals surface area (Å²) in [7, 11) is 0. The minimum atomic E-state index is -1.02. The van der Waals surface area contributed by atoms with Crippen LogP contribution in [0.2, 0.25) is 0 Å². The molecule has 1 aliphatic carbocycles. The molecule has 1 fully saturated rings. The van der Waals surface area contributed by atoms with E-state index >= 15 is 0 Å². The van der Waals surface area contributed by atoms with Crippen LogP contribution >= 0.6 is 0 Å². The van der Waals surface area contributed by atoms with Gasteiger partial charge in [0.15, 0.2) is 0 Å². The van der Waals surface area contributed by atoms with Gasteiger partial charge in [-0.2, -0.15) is 0 Å². The van der Waals surface area contributed by atoms with Crippen molar-refractivity contribution >= 4 is 5.97 Å². The Morgan fingerprint density at radius 2 is 2.55 bits per heavy atom. The van der Waals surface area contributed by atoms with Crippen molar-refractivity contribution in [3.63, 3.8) is 0 Å². The van der Waals surface area contributed by atoms with E-state index in [4.69, 9.17) is 9.84 Å². The molecular formula is C8H8O3. The number of allylic oxidation sites excluding steroid dienone is 2. The van der Waals surface area contributed by atoms with Gasteiger partial charge in [-0.25, -0.2) is 4.79 Å². The summed E-state index contributed by atoms with van der Waals surface area (Å²) >= 11 is 0. The first kappa shape index (κ1) is 6.61. The molecule has 2 rings (SSSR count). The molecule has 2 aliphatic rings. The highest BCUT2D eigenvalue weighted by molar-refractivity contribution is 5.86. The molecule has 2 atom stereocenters. The van der Waals surface area contributed by atoms with Gasteiger partial charge >= 0.3 is 5.97 Å². The highest BCUT2D eigenvalue weighted by Gasteiger charge is 2.62. The zero-order chi connectivity index (χ0) is 8.06. The van der Waals surface area contributed by atoms with Crippen LogP contribution in [0.1, 0.15) is 6.92 Å². The average molecular weight is 152 g/mol. The number of carboxylic acids is 1. The Labute approximate surface area is 64.0 Å². The molecule has 0 amide bonds. The second-order valence-corrected chi connectivity index (χ2v) is 2.87. The SMILES string of the molecule is CC1=CC=CC2(C(=O)O)OC12.